The van der Waals surface area contributed by atoms with Gasteiger partial charge in [-0.3, -0.25) is 0 Å². The van der Waals surface area contributed by atoms with Crippen molar-refractivity contribution in [1.82, 2.24) is 0 Å². The van der Waals surface area contributed by atoms with Gasteiger partial charge in [0, 0.05) is 5.75 Å². The van der Waals surface area contributed by atoms with Crippen molar-refractivity contribution in [2.75, 3.05) is 0 Å². The van der Waals surface area contributed by atoms with Crippen LogP contribution in [0.5, 0.6) is 0 Å². The smallest absolute Gasteiger partial charge is 0.335 e. The van der Waals surface area contributed by atoms with E-state index in [9.17, 15) is 4.79 Å². The normalized spacial score (nSPS) is 12.1. The van der Waals surface area contributed by atoms with Crippen LogP contribution in [-0.4, -0.2) is 23.3 Å². The van der Waals surface area contributed by atoms with Crippen molar-refractivity contribution >= 4 is 34.9 Å². The SMILES string of the molecule is CC(C)OP(=S)(OC(C)C)SCc1ccc(C(=O)O)cc1. The fraction of sp³-hybridized carbons (Fsp3) is 0.500. The van der Waals surface area contributed by atoms with Gasteiger partial charge in [0.15, 0.2) is 0 Å². The molecule has 1 aromatic carbocycles. The van der Waals surface area contributed by atoms with Gasteiger partial charge in [0.2, 0.25) is 5.69 Å². The largest absolute Gasteiger partial charge is 0.478 e. The molecule has 0 radical (unpaired) electrons. The Bertz CT molecular complexity index is 500. The summed E-state index contributed by atoms with van der Waals surface area (Å²) in [7, 11) is 0. The molecule has 21 heavy (non-hydrogen) atoms. The fourth-order valence-electron chi connectivity index (χ4n) is 1.50. The second-order valence-corrected chi connectivity index (χ2v) is 11.2. The summed E-state index contributed by atoms with van der Waals surface area (Å²) in [6.45, 7) is 7.75. The van der Waals surface area contributed by atoms with Crippen LogP contribution in [0.15, 0.2) is 24.3 Å². The molecule has 0 saturated heterocycles. The van der Waals surface area contributed by atoms with Gasteiger partial charge in [-0.1, -0.05) is 23.5 Å². The topological polar surface area (TPSA) is 55.8 Å². The Morgan fingerprint density at radius 3 is 2.05 bits per heavy atom. The van der Waals surface area contributed by atoms with Gasteiger partial charge in [-0.05, 0) is 57.2 Å². The van der Waals surface area contributed by atoms with Crippen LogP contribution >= 0.6 is 17.1 Å². The van der Waals surface area contributed by atoms with Crippen LogP contribution in [0.3, 0.4) is 0 Å². The second kappa shape index (κ2) is 8.30. The maximum Gasteiger partial charge on any atom is 0.335 e. The van der Waals surface area contributed by atoms with E-state index in [-0.39, 0.29) is 17.8 Å². The minimum absolute atomic E-state index is 0.0106. The Morgan fingerprint density at radius 2 is 1.67 bits per heavy atom. The highest BCUT2D eigenvalue weighted by atomic mass is 32.9. The number of rotatable bonds is 8. The highest BCUT2D eigenvalue weighted by Gasteiger charge is 2.23. The lowest BCUT2D eigenvalue weighted by Crippen LogP contribution is -2.06. The monoisotopic (exact) mass is 348 g/mol. The molecule has 7 heteroatoms. The molecule has 0 bridgehead atoms. The molecule has 1 N–H and O–H groups in total. The molecule has 0 saturated carbocycles. The van der Waals surface area contributed by atoms with E-state index in [0.29, 0.717) is 5.75 Å². The molecule has 0 fully saturated rings. The van der Waals surface area contributed by atoms with E-state index in [4.69, 9.17) is 26.0 Å². The van der Waals surface area contributed by atoms with Crippen LogP contribution in [0.4, 0.5) is 0 Å². The van der Waals surface area contributed by atoms with Crippen LogP contribution in [0.25, 0.3) is 0 Å². The van der Waals surface area contributed by atoms with Gasteiger partial charge in [-0.15, -0.1) is 0 Å². The number of hydrogen-bond acceptors (Lipinski definition) is 5. The fourth-order valence-corrected chi connectivity index (χ4v) is 7.03. The lowest BCUT2D eigenvalue weighted by atomic mass is 10.1. The molecule has 0 spiro atoms. The molecule has 0 heterocycles. The van der Waals surface area contributed by atoms with Crippen molar-refractivity contribution in [2.45, 2.75) is 45.7 Å². The molecule has 0 amide bonds. The molecule has 118 valence electrons. The molecule has 0 unspecified atom stereocenters. The summed E-state index contributed by atoms with van der Waals surface area (Å²) in [5, 5.41) is 8.88. The van der Waals surface area contributed by atoms with E-state index in [1.807, 2.05) is 27.7 Å². The lowest BCUT2D eigenvalue weighted by Gasteiger charge is -2.25. The molecular weight excluding hydrogens is 327 g/mol. The zero-order chi connectivity index (χ0) is 16.0. The number of hydrogen-bond donors (Lipinski definition) is 1. The highest BCUT2D eigenvalue weighted by molar-refractivity contribution is 8.67. The number of carboxylic acid groups (broad SMARTS) is 1. The van der Waals surface area contributed by atoms with Gasteiger partial charge >= 0.3 is 5.97 Å². The zero-order valence-electron chi connectivity index (χ0n) is 12.6. The zero-order valence-corrected chi connectivity index (χ0v) is 15.1. The van der Waals surface area contributed by atoms with Crippen molar-refractivity contribution < 1.29 is 18.9 Å². The molecule has 0 aliphatic heterocycles. The van der Waals surface area contributed by atoms with Gasteiger partial charge < -0.3 is 14.2 Å². The number of aromatic carboxylic acids is 1. The molecule has 1 rings (SSSR count). The molecule has 0 aromatic heterocycles. The Hall–Kier alpha value is -0.390. The van der Waals surface area contributed by atoms with Crippen LogP contribution in [0.2, 0.25) is 0 Å². The summed E-state index contributed by atoms with van der Waals surface area (Å²) >= 11 is 7.04. The van der Waals surface area contributed by atoms with E-state index >= 15 is 0 Å². The van der Waals surface area contributed by atoms with Crippen molar-refractivity contribution in [3.63, 3.8) is 0 Å². The van der Waals surface area contributed by atoms with Crippen LogP contribution in [-0.2, 0) is 26.6 Å². The van der Waals surface area contributed by atoms with Crippen molar-refractivity contribution in [2.24, 2.45) is 0 Å². The van der Waals surface area contributed by atoms with Gasteiger partial charge in [0.25, 0.3) is 0 Å². The van der Waals surface area contributed by atoms with E-state index < -0.39 is 11.7 Å². The van der Waals surface area contributed by atoms with Crippen molar-refractivity contribution in [1.29, 1.82) is 0 Å². The Kier molecular flexibility index (Phi) is 7.37. The quantitative estimate of drug-likeness (QED) is 0.688. The highest BCUT2D eigenvalue weighted by Crippen LogP contribution is 2.63. The summed E-state index contributed by atoms with van der Waals surface area (Å²) in [5.41, 5.74) is -1.12. The first kappa shape index (κ1) is 18.7. The molecule has 0 atom stereocenters. The van der Waals surface area contributed by atoms with E-state index in [1.54, 1.807) is 24.3 Å². The second-order valence-electron chi connectivity index (χ2n) is 5.03. The number of benzene rings is 1. The van der Waals surface area contributed by atoms with Gasteiger partial charge in [-0.2, -0.15) is 0 Å². The van der Waals surface area contributed by atoms with Gasteiger partial charge in [0.05, 0.1) is 17.8 Å². The van der Waals surface area contributed by atoms with E-state index in [0.717, 1.165) is 5.56 Å². The maximum atomic E-state index is 10.8. The van der Waals surface area contributed by atoms with Crippen LogP contribution < -0.4 is 0 Å². The molecule has 0 aliphatic carbocycles. The first-order valence-corrected chi connectivity index (χ1v) is 10.9. The van der Waals surface area contributed by atoms with Crippen molar-refractivity contribution in [3.8, 4) is 0 Å². The van der Waals surface area contributed by atoms with Gasteiger partial charge in [-0.25, -0.2) is 4.79 Å². The van der Waals surface area contributed by atoms with E-state index in [2.05, 4.69) is 0 Å². The average Bonchev–Trinajstić information content (AvgIpc) is 2.35. The summed E-state index contributed by atoms with van der Waals surface area (Å²) in [5.74, 6) is -0.290. The Labute approximate surface area is 135 Å². The molecule has 0 aliphatic rings. The summed E-state index contributed by atoms with van der Waals surface area (Å²) in [6, 6.07) is 6.77. The summed E-state index contributed by atoms with van der Waals surface area (Å²) < 4.78 is 11.6. The minimum atomic E-state index is -2.39. The van der Waals surface area contributed by atoms with Gasteiger partial charge in [0.1, 0.15) is 0 Å². The average molecular weight is 348 g/mol. The number of carbonyl (C=O) groups is 1. The third kappa shape index (κ3) is 6.94. The first-order valence-electron chi connectivity index (χ1n) is 6.65. The lowest BCUT2D eigenvalue weighted by molar-refractivity contribution is 0.0697. The molecule has 1 aromatic rings. The molecule has 4 nitrogen and oxygen atoms in total. The van der Waals surface area contributed by atoms with E-state index in [1.165, 1.54) is 11.4 Å². The summed E-state index contributed by atoms with van der Waals surface area (Å²) in [4.78, 5) is 10.8. The Morgan fingerprint density at radius 1 is 1.19 bits per heavy atom. The summed E-state index contributed by atoms with van der Waals surface area (Å²) in [6.07, 6.45) is 0.0212. The number of carboxylic acids is 1. The standard InChI is InChI=1S/C14H21O4PS2/c1-10(2)17-19(20,18-11(3)4)21-9-12-5-7-13(8-6-12)14(15)16/h5-8,10-11H,9H2,1-4H3,(H,15,16). The third-order valence-corrected chi connectivity index (χ3v) is 7.73. The molecular formula is C14H21O4PS2. The first-order chi connectivity index (χ1) is 9.72. The maximum absolute atomic E-state index is 10.8. The third-order valence-electron chi connectivity index (χ3n) is 2.27. The van der Waals surface area contributed by atoms with Crippen LogP contribution in [0.1, 0.15) is 43.6 Å². The van der Waals surface area contributed by atoms with Crippen molar-refractivity contribution in [3.05, 3.63) is 35.4 Å². The minimum Gasteiger partial charge on any atom is -0.478 e. The predicted molar refractivity (Wildman–Crippen MR) is 91.4 cm³/mol. The predicted octanol–water partition coefficient (Wildman–Crippen LogP) is 4.69. The van der Waals surface area contributed by atoms with Crippen LogP contribution in [0, 0.1) is 0 Å². The Balaban J connectivity index is 2.72.